The largest absolute Gasteiger partial charge is 0.264 e. The van der Waals surface area contributed by atoms with Crippen LogP contribution in [0.3, 0.4) is 0 Å². The number of alkyl halides is 2. The average molecular weight is 190 g/mol. The van der Waals surface area contributed by atoms with Crippen LogP contribution in [0.5, 0.6) is 0 Å². The Hall–Kier alpha value is -1.05. The van der Waals surface area contributed by atoms with E-state index < -0.39 is 17.9 Å². The van der Waals surface area contributed by atoms with Crippen molar-refractivity contribution in [1.82, 2.24) is 0 Å². The number of hydrogen-bond acceptors (Lipinski definition) is 3. The van der Waals surface area contributed by atoms with E-state index in [1.165, 1.54) is 13.8 Å². The van der Waals surface area contributed by atoms with Crippen molar-refractivity contribution in [2.75, 3.05) is 0 Å². The van der Waals surface area contributed by atoms with E-state index in [0.29, 0.717) is 0 Å². The van der Waals surface area contributed by atoms with Crippen LogP contribution in [0.25, 0.3) is 0 Å². The van der Waals surface area contributed by atoms with Crippen molar-refractivity contribution in [3.05, 3.63) is 4.91 Å². The Morgan fingerprint density at radius 2 is 2.08 bits per heavy atom. The minimum absolute atomic E-state index is 0.158. The number of nitriles is 1. The standard InChI is InChI=1S/C8H12F2N2O/c1-8(2,4-3-5-11)6(12-13)7(9)10/h6-7H,3-4H2,1-2H3. The molecule has 1 atom stereocenters. The minimum Gasteiger partial charge on any atom is -0.208 e. The first-order chi connectivity index (χ1) is 5.95. The highest BCUT2D eigenvalue weighted by Crippen LogP contribution is 2.32. The zero-order chi connectivity index (χ0) is 10.5. The van der Waals surface area contributed by atoms with E-state index in [2.05, 4.69) is 5.18 Å². The Bertz CT molecular complexity index is 211. The number of rotatable bonds is 5. The van der Waals surface area contributed by atoms with Gasteiger partial charge in [-0.05, 0) is 11.8 Å². The fourth-order valence-electron chi connectivity index (χ4n) is 1.06. The van der Waals surface area contributed by atoms with Gasteiger partial charge in [0.1, 0.15) is 0 Å². The van der Waals surface area contributed by atoms with Gasteiger partial charge in [0.15, 0.2) is 6.04 Å². The van der Waals surface area contributed by atoms with Gasteiger partial charge >= 0.3 is 0 Å². The molecule has 0 rings (SSSR count). The van der Waals surface area contributed by atoms with Gasteiger partial charge in [0.05, 0.1) is 6.07 Å². The van der Waals surface area contributed by atoms with E-state index in [1.807, 2.05) is 6.07 Å². The molecular weight excluding hydrogens is 178 g/mol. The molecule has 0 bridgehead atoms. The molecule has 0 aliphatic carbocycles. The first kappa shape index (κ1) is 11.9. The van der Waals surface area contributed by atoms with E-state index in [0.717, 1.165) is 0 Å². The number of hydrogen-bond donors (Lipinski definition) is 0. The maximum atomic E-state index is 12.2. The SMILES string of the molecule is CC(C)(CCC#N)C(N=O)C(F)F. The highest BCUT2D eigenvalue weighted by Gasteiger charge is 2.37. The Kier molecular flexibility index (Phi) is 4.46. The highest BCUT2D eigenvalue weighted by atomic mass is 19.3. The fourth-order valence-corrected chi connectivity index (χ4v) is 1.06. The smallest absolute Gasteiger partial charge is 0.208 e. The van der Waals surface area contributed by atoms with Crippen LogP contribution in [-0.2, 0) is 0 Å². The van der Waals surface area contributed by atoms with Crippen molar-refractivity contribution < 1.29 is 8.78 Å². The summed E-state index contributed by atoms with van der Waals surface area (Å²) < 4.78 is 24.5. The lowest BCUT2D eigenvalue weighted by Crippen LogP contribution is -2.33. The van der Waals surface area contributed by atoms with Crippen LogP contribution in [0.2, 0.25) is 0 Å². The first-order valence-electron chi connectivity index (χ1n) is 3.93. The molecule has 0 aromatic rings. The second-order valence-corrected chi connectivity index (χ2v) is 3.53. The molecule has 0 amide bonds. The molecule has 0 radical (unpaired) electrons. The lowest BCUT2D eigenvalue weighted by molar-refractivity contribution is 0.0555. The third-order valence-electron chi connectivity index (χ3n) is 2.03. The second kappa shape index (κ2) is 4.85. The predicted octanol–water partition coefficient (Wildman–Crippen LogP) is 2.72. The van der Waals surface area contributed by atoms with Crippen LogP contribution in [0.4, 0.5) is 8.78 Å². The Balaban J connectivity index is 4.39. The highest BCUT2D eigenvalue weighted by molar-refractivity contribution is 4.88. The third-order valence-corrected chi connectivity index (χ3v) is 2.03. The normalized spacial score (nSPS) is 13.8. The van der Waals surface area contributed by atoms with Gasteiger partial charge < -0.3 is 0 Å². The van der Waals surface area contributed by atoms with E-state index >= 15 is 0 Å². The van der Waals surface area contributed by atoms with Crippen LogP contribution in [0, 0.1) is 21.7 Å². The van der Waals surface area contributed by atoms with Crippen molar-refractivity contribution in [3.8, 4) is 6.07 Å². The maximum absolute atomic E-state index is 12.2. The number of halogens is 2. The molecule has 0 heterocycles. The number of nitrogens with zero attached hydrogens (tertiary/aromatic N) is 2. The molecule has 3 nitrogen and oxygen atoms in total. The van der Waals surface area contributed by atoms with Crippen molar-refractivity contribution in [2.24, 2.45) is 10.6 Å². The lowest BCUT2D eigenvalue weighted by Gasteiger charge is -2.27. The summed E-state index contributed by atoms with van der Waals surface area (Å²) >= 11 is 0. The van der Waals surface area contributed by atoms with Crippen molar-refractivity contribution >= 4 is 0 Å². The Labute approximate surface area is 75.7 Å². The van der Waals surface area contributed by atoms with Gasteiger partial charge in [0.25, 0.3) is 6.43 Å². The molecule has 74 valence electrons. The Morgan fingerprint density at radius 1 is 1.54 bits per heavy atom. The van der Waals surface area contributed by atoms with E-state index in [-0.39, 0.29) is 12.8 Å². The molecular formula is C8H12F2N2O. The van der Waals surface area contributed by atoms with Gasteiger partial charge in [0, 0.05) is 6.42 Å². The zero-order valence-electron chi connectivity index (χ0n) is 7.63. The van der Waals surface area contributed by atoms with Gasteiger partial charge in [-0.25, -0.2) is 8.78 Å². The maximum Gasteiger partial charge on any atom is 0.264 e. The van der Waals surface area contributed by atoms with Crippen molar-refractivity contribution in [3.63, 3.8) is 0 Å². The van der Waals surface area contributed by atoms with Crippen LogP contribution in [0.1, 0.15) is 26.7 Å². The van der Waals surface area contributed by atoms with Crippen LogP contribution in [-0.4, -0.2) is 12.5 Å². The van der Waals surface area contributed by atoms with Crippen LogP contribution >= 0.6 is 0 Å². The molecule has 0 spiro atoms. The summed E-state index contributed by atoms with van der Waals surface area (Å²) in [5.41, 5.74) is -0.911. The molecule has 5 heteroatoms. The van der Waals surface area contributed by atoms with Crippen LogP contribution < -0.4 is 0 Å². The topological polar surface area (TPSA) is 53.2 Å². The summed E-state index contributed by atoms with van der Waals surface area (Å²) in [6.45, 7) is 3.03. The summed E-state index contributed by atoms with van der Waals surface area (Å²) in [5, 5.41) is 10.7. The van der Waals surface area contributed by atoms with Gasteiger partial charge in [-0.1, -0.05) is 19.0 Å². The summed E-state index contributed by atoms with van der Waals surface area (Å²) in [4.78, 5) is 10.1. The molecule has 0 aromatic heterocycles. The monoisotopic (exact) mass is 190 g/mol. The summed E-state index contributed by atoms with van der Waals surface area (Å²) in [7, 11) is 0. The third kappa shape index (κ3) is 3.45. The lowest BCUT2D eigenvalue weighted by atomic mass is 9.81. The molecule has 0 aliphatic rings. The average Bonchev–Trinajstić information content (AvgIpc) is 2.01. The van der Waals surface area contributed by atoms with Gasteiger partial charge in [-0.3, -0.25) is 0 Å². The molecule has 0 saturated heterocycles. The molecule has 0 aliphatic heterocycles. The molecule has 1 unspecified atom stereocenters. The fraction of sp³-hybridized carbons (Fsp3) is 0.875. The quantitative estimate of drug-likeness (QED) is 0.626. The Morgan fingerprint density at radius 3 is 2.38 bits per heavy atom. The zero-order valence-corrected chi connectivity index (χ0v) is 7.63. The second-order valence-electron chi connectivity index (χ2n) is 3.53. The van der Waals surface area contributed by atoms with Crippen LogP contribution in [0.15, 0.2) is 5.18 Å². The number of nitroso groups, excluding NO2 is 1. The first-order valence-corrected chi connectivity index (χ1v) is 3.93. The molecule has 0 saturated carbocycles. The predicted molar refractivity (Wildman–Crippen MR) is 44.2 cm³/mol. The van der Waals surface area contributed by atoms with Gasteiger partial charge in [-0.15, -0.1) is 0 Å². The van der Waals surface area contributed by atoms with Gasteiger partial charge in [0.2, 0.25) is 0 Å². The van der Waals surface area contributed by atoms with Gasteiger partial charge in [-0.2, -0.15) is 10.2 Å². The molecule has 0 N–H and O–H groups in total. The van der Waals surface area contributed by atoms with E-state index in [9.17, 15) is 13.7 Å². The van der Waals surface area contributed by atoms with E-state index in [4.69, 9.17) is 5.26 Å². The summed E-state index contributed by atoms with van der Waals surface area (Å²) in [6, 6.07) is 0.326. The summed E-state index contributed by atoms with van der Waals surface area (Å²) in [6.07, 6.45) is -2.35. The molecule has 0 fully saturated rings. The minimum atomic E-state index is -2.76. The summed E-state index contributed by atoms with van der Waals surface area (Å²) in [5.74, 6) is 0. The van der Waals surface area contributed by atoms with Crippen molar-refractivity contribution in [2.45, 2.75) is 39.2 Å². The van der Waals surface area contributed by atoms with E-state index in [1.54, 1.807) is 0 Å². The molecule has 0 aromatic carbocycles. The van der Waals surface area contributed by atoms with Crippen molar-refractivity contribution in [1.29, 1.82) is 5.26 Å². The molecule has 13 heavy (non-hydrogen) atoms.